The van der Waals surface area contributed by atoms with Crippen LogP contribution in [-0.2, 0) is 14.6 Å². The molecule has 0 saturated carbocycles. The fourth-order valence-corrected chi connectivity index (χ4v) is 3.06. The van der Waals surface area contributed by atoms with Crippen molar-refractivity contribution in [2.75, 3.05) is 32.5 Å². The molecule has 1 atom stereocenters. The summed E-state index contributed by atoms with van der Waals surface area (Å²) < 4.78 is 29.0. The zero-order chi connectivity index (χ0) is 16.1. The first kappa shape index (κ1) is 21.9. The van der Waals surface area contributed by atoms with Gasteiger partial charge in [-0.05, 0) is 40.5 Å². The van der Waals surface area contributed by atoms with E-state index in [4.69, 9.17) is 4.74 Å². The average Bonchev–Trinajstić information content (AvgIpc) is 2.79. The predicted octanol–water partition coefficient (Wildman–Crippen LogP) is 1.55. The van der Waals surface area contributed by atoms with E-state index in [1.165, 1.54) is 0 Å². The Morgan fingerprint density at radius 1 is 1.32 bits per heavy atom. The van der Waals surface area contributed by atoms with Gasteiger partial charge in [0.25, 0.3) is 0 Å². The minimum atomic E-state index is -3.11. The maximum atomic E-state index is 12.0. The van der Waals surface area contributed by atoms with Crippen molar-refractivity contribution in [1.82, 2.24) is 10.6 Å². The number of hydrogen-bond donors (Lipinski definition) is 2. The molecule has 0 aliphatic carbocycles. The van der Waals surface area contributed by atoms with E-state index in [2.05, 4.69) is 22.5 Å². The fraction of sp³-hybridized carbons (Fsp3) is 0.929. The molecule has 0 aromatic carbocycles. The third-order valence-electron chi connectivity index (χ3n) is 3.75. The zero-order valence-electron chi connectivity index (χ0n) is 14.2. The van der Waals surface area contributed by atoms with Gasteiger partial charge in [-0.2, -0.15) is 0 Å². The summed E-state index contributed by atoms with van der Waals surface area (Å²) in [7, 11) is -1.44. The molecule has 0 aromatic rings. The Labute approximate surface area is 151 Å². The molecule has 8 heteroatoms. The van der Waals surface area contributed by atoms with Crippen molar-refractivity contribution in [3.05, 3.63) is 0 Å². The molecule has 1 aliphatic heterocycles. The summed E-state index contributed by atoms with van der Waals surface area (Å²) in [6.07, 6.45) is 2.10. The molecule has 1 rings (SSSR count). The van der Waals surface area contributed by atoms with E-state index in [1.54, 1.807) is 27.8 Å². The normalized spacial score (nSPS) is 23.0. The molecule has 0 bridgehead atoms. The molecule has 1 unspecified atom stereocenters. The van der Waals surface area contributed by atoms with E-state index in [9.17, 15) is 8.42 Å². The third kappa shape index (κ3) is 6.57. The number of hydrogen-bond acceptors (Lipinski definition) is 4. The maximum absolute atomic E-state index is 12.0. The maximum Gasteiger partial charge on any atom is 0.191 e. The molecule has 6 nitrogen and oxygen atoms in total. The average molecular weight is 447 g/mol. The molecule has 2 N–H and O–H groups in total. The van der Waals surface area contributed by atoms with Gasteiger partial charge in [0.2, 0.25) is 0 Å². The van der Waals surface area contributed by atoms with Crippen molar-refractivity contribution < 1.29 is 13.2 Å². The molecule has 22 heavy (non-hydrogen) atoms. The lowest BCUT2D eigenvalue weighted by Gasteiger charge is -2.25. The topological polar surface area (TPSA) is 79.8 Å². The van der Waals surface area contributed by atoms with Crippen molar-refractivity contribution in [2.45, 2.75) is 50.9 Å². The molecule has 0 aromatic heterocycles. The molecule has 0 spiro atoms. The Morgan fingerprint density at radius 2 is 1.95 bits per heavy atom. The lowest BCUT2D eigenvalue weighted by Crippen LogP contribution is -2.47. The Kier molecular flexibility index (Phi) is 8.64. The van der Waals surface area contributed by atoms with Gasteiger partial charge in [-0.15, -0.1) is 24.0 Å². The number of nitrogens with one attached hydrogen (secondary N) is 2. The number of guanidine groups is 1. The molecular weight excluding hydrogens is 417 g/mol. The SMILES string of the molecule is CN=C(NCCS(=O)(=O)C(C)(C)C)NCC1(C)CCCO1.I. The van der Waals surface area contributed by atoms with Crippen molar-refractivity contribution >= 4 is 39.8 Å². The van der Waals surface area contributed by atoms with Crippen LogP contribution in [0.3, 0.4) is 0 Å². The van der Waals surface area contributed by atoms with Gasteiger partial charge in [-0.3, -0.25) is 4.99 Å². The molecule has 1 fully saturated rings. The van der Waals surface area contributed by atoms with Crippen molar-refractivity contribution in [3.63, 3.8) is 0 Å². The van der Waals surface area contributed by atoms with Crippen LogP contribution in [0.2, 0.25) is 0 Å². The van der Waals surface area contributed by atoms with Gasteiger partial charge in [-0.1, -0.05) is 0 Å². The summed E-state index contributed by atoms with van der Waals surface area (Å²) in [5.41, 5.74) is -0.158. The van der Waals surface area contributed by atoms with Crippen molar-refractivity contribution in [2.24, 2.45) is 4.99 Å². The van der Waals surface area contributed by atoms with Crippen molar-refractivity contribution in [3.8, 4) is 0 Å². The van der Waals surface area contributed by atoms with Gasteiger partial charge >= 0.3 is 0 Å². The van der Waals surface area contributed by atoms with Crippen LogP contribution >= 0.6 is 24.0 Å². The molecule has 0 radical (unpaired) electrons. The van der Waals surface area contributed by atoms with E-state index in [0.717, 1.165) is 19.4 Å². The van der Waals surface area contributed by atoms with Crippen LogP contribution < -0.4 is 10.6 Å². The lowest BCUT2D eigenvalue weighted by molar-refractivity contribution is 0.0243. The second kappa shape index (κ2) is 8.68. The minimum Gasteiger partial charge on any atom is -0.373 e. The summed E-state index contributed by atoms with van der Waals surface area (Å²) >= 11 is 0. The minimum absolute atomic E-state index is 0. The summed E-state index contributed by atoms with van der Waals surface area (Å²) in [4.78, 5) is 4.11. The van der Waals surface area contributed by atoms with E-state index in [1.807, 2.05) is 0 Å². The first-order valence-electron chi connectivity index (χ1n) is 7.40. The van der Waals surface area contributed by atoms with E-state index in [-0.39, 0.29) is 35.3 Å². The Balaban J connectivity index is 0.00000441. The van der Waals surface area contributed by atoms with Gasteiger partial charge in [0, 0.05) is 26.7 Å². The van der Waals surface area contributed by atoms with Crippen LogP contribution in [0.5, 0.6) is 0 Å². The van der Waals surface area contributed by atoms with Gasteiger partial charge in [0.1, 0.15) is 0 Å². The highest BCUT2D eigenvalue weighted by molar-refractivity contribution is 14.0. The summed E-state index contributed by atoms with van der Waals surface area (Å²) in [5.74, 6) is 0.696. The monoisotopic (exact) mass is 447 g/mol. The number of ether oxygens (including phenoxy) is 1. The fourth-order valence-electron chi connectivity index (χ4n) is 2.08. The second-order valence-electron chi connectivity index (χ2n) is 6.69. The first-order chi connectivity index (χ1) is 9.60. The van der Waals surface area contributed by atoms with Crippen LogP contribution in [0.1, 0.15) is 40.5 Å². The van der Waals surface area contributed by atoms with Gasteiger partial charge in [0.15, 0.2) is 15.8 Å². The summed E-state index contributed by atoms with van der Waals surface area (Å²) in [6.45, 7) is 9.03. The molecule has 0 amide bonds. The van der Waals surface area contributed by atoms with Crippen LogP contribution in [0.15, 0.2) is 4.99 Å². The lowest BCUT2D eigenvalue weighted by atomic mass is 10.0. The molecule has 132 valence electrons. The van der Waals surface area contributed by atoms with E-state index < -0.39 is 14.6 Å². The second-order valence-corrected chi connectivity index (χ2v) is 9.55. The van der Waals surface area contributed by atoms with Crippen LogP contribution in [0.25, 0.3) is 0 Å². The summed E-state index contributed by atoms with van der Waals surface area (Å²) in [5, 5.41) is 6.24. The predicted molar refractivity (Wildman–Crippen MR) is 102 cm³/mol. The third-order valence-corrected chi connectivity index (χ3v) is 6.36. The Morgan fingerprint density at radius 3 is 2.41 bits per heavy atom. The highest BCUT2D eigenvalue weighted by Crippen LogP contribution is 2.23. The van der Waals surface area contributed by atoms with Gasteiger partial charge in [0.05, 0.1) is 16.1 Å². The number of halogens is 1. The van der Waals surface area contributed by atoms with E-state index in [0.29, 0.717) is 19.0 Å². The molecule has 1 aliphatic rings. The number of nitrogens with zero attached hydrogens (tertiary/aromatic N) is 1. The van der Waals surface area contributed by atoms with Gasteiger partial charge < -0.3 is 15.4 Å². The van der Waals surface area contributed by atoms with Crippen LogP contribution in [-0.4, -0.2) is 57.2 Å². The standard InChI is InChI=1S/C14H29N3O3S.HI/c1-13(2,3)21(18,19)10-8-16-12(15-5)17-11-14(4)7-6-9-20-14;/h6-11H2,1-5H3,(H2,15,16,17);1H. The Hall–Kier alpha value is -0.0900. The number of aliphatic imine (C=N–C) groups is 1. The quantitative estimate of drug-likeness (QED) is 0.380. The highest BCUT2D eigenvalue weighted by Gasteiger charge is 2.30. The number of sulfone groups is 1. The van der Waals surface area contributed by atoms with Crippen LogP contribution in [0, 0.1) is 0 Å². The van der Waals surface area contributed by atoms with Crippen molar-refractivity contribution in [1.29, 1.82) is 0 Å². The molecule has 1 heterocycles. The van der Waals surface area contributed by atoms with Crippen LogP contribution in [0.4, 0.5) is 0 Å². The summed E-state index contributed by atoms with van der Waals surface area (Å²) in [6, 6.07) is 0. The smallest absolute Gasteiger partial charge is 0.191 e. The van der Waals surface area contributed by atoms with Gasteiger partial charge in [-0.25, -0.2) is 8.42 Å². The number of rotatable bonds is 5. The Bertz CT molecular complexity index is 466. The molecular formula is C14H30IN3O3S. The molecule has 1 saturated heterocycles. The largest absolute Gasteiger partial charge is 0.373 e. The zero-order valence-corrected chi connectivity index (χ0v) is 17.4. The highest BCUT2D eigenvalue weighted by atomic mass is 127. The van der Waals surface area contributed by atoms with E-state index >= 15 is 0 Å². The first-order valence-corrected chi connectivity index (χ1v) is 9.06.